The summed E-state index contributed by atoms with van der Waals surface area (Å²) in [6.45, 7) is 2.75. The van der Waals surface area contributed by atoms with Gasteiger partial charge in [0.2, 0.25) is 5.91 Å². The maximum atomic E-state index is 12.3. The number of hydrogen-bond acceptors (Lipinski definition) is 3. The van der Waals surface area contributed by atoms with Gasteiger partial charge in [-0.05, 0) is 26.0 Å². The lowest BCUT2D eigenvalue weighted by Gasteiger charge is -2.18. The van der Waals surface area contributed by atoms with Crippen LogP contribution in [0.4, 0.5) is 18.9 Å². The van der Waals surface area contributed by atoms with E-state index in [1.54, 1.807) is 0 Å². The first-order valence-electron chi connectivity index (χ1n) is 5.59. The predicted molar refractivity (Wildman–Crippen MR) is 63.9 cm³/mol. The SMILES string of the molecule is CC(C)(CC(=O)Nc1ccc(C(F)(F)F)nc1)C(=O)O. The smallest absolute Gasteiger partial charge is 0.433 e. The predicted octanol–water partition coefficient (Wildman–Crippen LogP) is 2.54. The van der Waals surface area contributed by atoms with E-state index in [1.165, 1.54) is 13.8 Å². The van der Waals surface area contributed by atoms with E-state index < -0.39 is 29.2 Å². The third-order valence-electron chi connectivity index (χ3n) is 2.52. The van der Waals surface area contributed by atoms with Gasteiger partial charge in [-0.3, -0.25) is 9.59 Å². The number of carboxylic acids is 1. The van der Waals surface area contributed by atoms with Crippen LogP contribution in [0.25, 0.3) is 0 Å². The van der Waals surface area contributed by atoms with Crippen molar-refractivity contribution in [3.63, 3.8) is 0 Å². The number of aromatic nitrogens is 1. The van der Waals surface area contributed by atoms with Gasteiger partial charge in [-0.1, -0.05) is 0 Å². The highest BCUT2D eigenvalue weighted by Gasteiger charge is 2.32. The van der Waals surface area contributed by atoms with Crippen molar-refractivity contribution in [1.29, 1.82) is 0 Å². The molecule has 110 valence electrons. The summed E-state index contributed by atoms with van der Waals surface area (Å²) in [7, 11) is 0. The van der Waals surface area contributed by atoms with Gasteiger partial charge in [-0.15, -0.1) is 0 Å². The average Bonchev–Trinajstić information content (AvgIpc) is 2.27. The van der Waals surface area contributed by atoms with Crippen molar-refractivity contribution in [3.05, 3.63) is 24.0 Å². The van der Waals surface area contributed by atoms with Crippen LogP contribution in [0.2, 0.25) is 0 Å². The quantitative estimate of drug-likeness (QED) is 0.893. The summed E-state index contributed by atoms with van der Waals surface area (Å²) in [5, 5.41) is 11.2. The van der Waals surface area contributed by atoms with E-state index in [4.69, 9.17) is 5.11 Å². The molecule has 0 unspecified atom stereocenters. The van der Waals surface area contributed by atoms with Crippen LogP contribution < -0.4 is 5.32 Å². The second-order valence-electron chi connectivity index (χ2n) is 4.84. The number of carbonyl (C=O) groups excluding carboxylic acids is 1. The Kier molecular flexibility index (Phi) is 4.36. The molecule has 0 aliphatic heterocycles. The average molecular weight is 290 g/mol. The molecule has 0 saturated heterocycles. The largest absolute Gasteiger partial charge is 0.481 e. The number of pyridine rings is 1. The van der Waals surface area contributed by atoms with Crippen LogP contribution in [-0.2, 0) is 15.8 Å². The highest BCUT2D eigenvalue weighted by Crippen LogP contribution is 2.28. The Labute approximate surface area is 112 Å². The Balaban J connectivity index is 2.70. The Morgan fingerprint density at radius 3 is 2.30 bits per heavy atom. The van der Waals surface area contributed by atoms with Crippen LogP contribution in [0, 0.1) is 5.41 Å². The molecule has 0 aliphatic carbocycles. The first-order chi connectivity index (χ1) is 9.02. The topological polar surface area (TPSA) is 79.3 Å². The van der Waals surface area contributed by atoms with Crippen LogP contribution >= 0.6 is 0 Å². The van der Waals surface area contributed by atoms with Crippen molar-refractivity contribution >= 4 is 17.6 Å². The van der Waals surface area contributed by atoms with Crippen molar-refractivity contribution in [3.8, 4) is 0 Å². The standard InChI is InChI=1S/C12H13F3N2O3/c1-11(2,10(19)20)5-9(18)17-7-3-4-8(16-6-7)12(13,14)15/h3-4,6H,5H2,1-2H3,(H,17,18)(H,19,20). The fourth-order valence-electron chi connectivity index (χ4n) is 1.32. The normalized spacial score (nSPS) is 12.1. The fraction of sp³-hybridized carbons (Fsp3) is 0.417. The van der Waals surface area contributed by atoms with E-state index in [0.29, 0.717) is 0 Å². The molecule has 0 atom stereocenters. The molecule has 1 heterocycles. The zero-order chi connectivity index (χ0) is 15.6. The number of hydrogen-bond donors (Lipinski definition) is 2. The van der Waals surface area contributed by atoms with Gasteiger partial charge in [0.05, 0.1) is 17.3 Å². The van der Waals surface area contributed by atoms with Crippen molar-refractivity contribution in [2.75, 3.05) is 5.32 Å². The summed E-state index contributed by atoms with van der Waals surface area (Å²) in [6.07, 6.45) is -3.98. The molecule has 0 fully saturated rings. The fourth-order valence-corrected chi connectivity index (χ4v) is 1.32. The van der Waals surface area contributed by atoms with E-state index in [9.17, 15) is 22.8 Å². The minimum Gasteiger partial charge on any atom is -0.481 e. The summed E-state index contributed by atoms with van der Waals surface area (Å²) < 4.78 is 36.8. The molecule has 20 heavy (non-hydrogen) atoms. The van der Waals surface area contributed by atoms with Crippen molar-refractivity contribution in [2.24, 2.45) is 5.41 Å². The summed E-state index contributed by atoms with van der Waals surface area (Å²) in [5.41, 5.74) is -2.26. The van der Waals surface area contributed by atoms with Crippen molar-refractivity contribution < 1.29 is 27.9 Å². The Morgan fingerprint density at radius 1 is 1.30 bits per heavy atom. The van der Waals surface area contributed by atoms with Gasteiger partial charge in [0.1, 0.15) is 5.69 Å². The van der Waals surface area contributed by atoms with Crippen LogP contribution in [0.1, 0.15) is 26.0 Å². The third-order valence-corrected chi connectivity index (χ3v) is 2.52. The molecule has 0 aromatic carbocycles. The molecule has 1 rings (SSSR count). The number of anilines is 1. The molecule has 0 aliphatic rings. The Bertz CT molecular complexity index is 510. The first kappa shape index (κ1) is 15.9. The molecule has 0 bridgehead atoms. The lowest BCUT2D eigenvalue weighted by molar-refractivity contribution is -0.149. The van der Waals surface area contributed by atoms with E-state index >= 15 is 0 Å². The van der Waals surface area contributed by atoms with E-state index in [0.717, 1.165) is 18.3 Å². The molecule has 1 amide bonds. The van der Waals surface area contributed by atoms with Gasteiger partial charge in [0.15, 0.2) is 0 Å². The molecule has 1 aromatic rings. The second-order valence-corrected chi connectivity index (χ2v) is 4.84. The number of nitrogens with one attached hydrogen (secondary N) is 1. The zero-order valence-corrected chi connectivity index (χ0v) is 10.8. The molecule has 0 radical (unpaired) electrons. The van der Waals surface area contributed by atoms with E-state index in [-0.39, 0.29) is 12.1 Å². The summed E-state index contributed by atoms with van der Waals surface area (Å²) in [6, 6.07) is 1.79. The first-order valence-corrected chi connectivity index (χ1v) is 5.59. The van der Waals surface area contributed by atoms with Crippen molar-refractivity contribution in [2.45, 2.75) is 26.4 Å². The zero-order valence-electron chi connectivity index (χ0n) is 10.8. The highest BCUT2D eigenvalue weighted by atomic mass is 19.4. The molecule has 0 saturated carbocycles. The molecule has 8 heteroatoms. The lowest BCUT2D eigenvalue weighted by Crippen LogP contribution is -2.29. The number of carbonyl (C=O) groups is 2. The third kappa shape index (κ3) is 4.22. The number of aliphatic carboxylic acids is 1. The van der Waals surface area contributed by atoms with Crippen LogP contribution in [0.3, 0.4) is 0 Å². The minimum atomic E-state index is -4.55. The summed E-state index contributed by atoms with van der Waals surface area (Å²) in [4.78, 5) is 25.6. The number of rotatable bonds is 4. The maximum Gasteiger partial charge on any atom is 0.433 e. The highest BCUT2D eigenvalue weighted by molar-refractivity contribution is 5.93. The number of alkyl halides is 3. The van der Waals surface area contributed by atoms with Crippen molar-refractivity contribution in [1.82, 2.24) is 4.98 Å². The number of nitrogens with zero attached hydrogens (tertiary/aromatic N) is 1. The van der Waals surface area contributed by atoms with E-state index in [1.807, 2.05) is 0 Å². The molecule has 5 nitrogen and oxygen atoms in total. The molecule has 0 spiro atoms. The van der Waals surface area contributed by atoms with Gasteiger partial charge in [-0.25, -0.2) is 4.98 Å². The maximum absolute atomic E-state index is 12.3. The molecule has 1 aromatic heterocycles. The molecule has 2 N–H and O–H groups in total. The monoisotopic (exact) mass is 290 g/mol. The summed E-state index contributed by atoms with van der Waals surface area (Å²) in [5.74, 6) is -1.75. The molecular formula is C12H13F3N2O3. The summed E-state index contributed by atoms with van der Waals surface area (Å²) >= 11 is 0. The van der Waals surface area contributed by atoms with Crippen LogP contribution in [-0.4, -0.2) is 22.0 Å². The Morgan fingerprint density at radius 2 is 1.90 bits per heavy atom. The number of carboxylic acid groups (broad SMARTS) is 1. The minimum absolute atomic E-state index is 0.0733. The second kappa shape index (κ2) is 5.48. The van der Waals surface area contributed by atoms with E-state index in [2.05, 4.69) is 10.3 Å². The molecular weight excluding hydrogens is 277 g/mol. The van der Waals surface area contributed by atoms with Gasteiger partial charge < -0.3 is 10.4 Å². The number of amides is 1. The van der Waals surface area contributed by atoms with Gasteiger partial charge in [-0.2, -0.15) is 13.2 Å². The van der Waals surface area contributed by atoms with Gasteiger partial charge in [0, 0.05) is 6.42 Å². The van der Waals surface area contributed by atoms with Crippen LogP contribution in [0.15, 0.2) is 18.3 Å². The number of halogens is 3. The van der Waals surface area contributed by atoms with Gasteiger partial charge >= 0.3 is 12.1 Å². The van der Waals surface area contributed by atoms with Crippen LogP contribution in [0.5, 0.6) is 0 Å². The van der Waals surface area contributed by atoms with Gasteiger partial charge in [0.25, 0.3) is 0 Å². The Hall–Kier alpha value is -2.12. The lowest BCUT2D eigenvalue weighted by atomic mass is 9.89.